The molecule has 2 aliphatic heterocycles. The summed E-state index contributed by atoms with van der Waals surface area (Å²) in [6, 6.07) is 0. The van der Waals surface area contributed by atoms with Gasteiger partial charge < -0.3 is 14.6 Å². The molecule has 6 unspecified atom stereocenters. The van der Waals surface area contributed by atoms with Crippen LogP contribution >= 0.6 is 0 Å². The Balaban J connectivity index is 1.56. The lowest BCUT2D eigenvalue weighted by Gasteiger charge is -2.26. The number of hydrogen-bond acceptors (Lipinski definition) is 3. The maximum Gasteiger partial charge on any atom is 0.306 e. The van der Waals surface area contributed by atoms with Crippen LogP contribution in [0.15, 0.2) is 0 Å². The van der Waals surface area contributed by atoms with Crippen molar-refractivity contribution in [3.8, 4) is 0 Å². The van der Waals surface area contributed by atoms with Gasteiger partial charge in [-0.1, -0.05) is 6.92 Å². The normalized spacial score (nSPS) is 47.5. The lowest BCUT2D eigenvalue weighted by molar-refractivity contribution is -0.143. The van der Waals surface area contributed by atoms with Gasteiger partial charge >= 0.3 is 5.97 Å². The Morgan fingerprint density at radius 1 is 1.35 bits per heavy atom. The molecule has 0 bridgehead atoms. The van der Waals surface area contributed by atoms with Crippen LogP contribution in [0.4, 0.5) is 0 Å². The molecule has 0 radical (unpaired) electrons. The third-order valence-electron chi connectivity index (χ3n) is 5.59. The zero-order valence-corrected chi connectivity index (χ0v) is 12.7. The van der Waals surface area contributed by atoms with Gasteiger partial charge in [-0.2, -0.15) is 0 Å². The van der Waals surface area contributed by atoms with Crippen LogP contribution in [-0.2, 0) is 14.3 Å². The lowest BCUT2D eigenvalue weighted by atomic mass is 9.76. The number of ether oxygens (including phenoxy) is 2. The molecular formula is C16H26O4. The van der Waals surface area contributed by atoms with E-state index in [0.717, 1.165) is 32.1 Å². The maximum atomic E-state index is 11.6. The van der Waals surface area contributed by atoms with E-state index < -0.39 is 5.97 Å². The summed E-state index contributed by atoms with van der Waals surface area (Å²) in [6.07, 6.45) is 6.32. The molecule has 1 saturated carbocycles. The van der Waals surface area contributed by atoms with Crippen molar-refractivity contribution >= 4 is 5.97 Å². The van der Waals surface area contributed by atoms with E-state index in [1.54, 1.807) is 0 Å². The van der Waals surface area contributed by atoms with Crippen LogP contribution in [0.1, 0.15) is 59.3 Å². The van der Waals surface area contributed by atoms with Crippen LogP contribution in [0.25, 0.3) is 0 Å². The third-order valence-corrected chi connectivity index (χ3v) is 5.59. The van der Waals surface area contributed by atoms with E-state index in [1.807, 2.05) is 0 Å². The number of carboxylic acid groups (broad SMARTS) is 1. The first-order chi connectivity index (χ1) is 9.36. The molecule has 6 atom stereocenters. The summed E-state index contributed by atoms with van der Waals surface area (Å²) in [5, 5.41) is 9.51. The Kier molecular flexibility index (Phi) is 3.37. The molecule has 114 valence electrons. The number of hydrogen-bond donors (Lipinski definition) is 1. The van der Waals surface area contributed by atoms with Crippen molar-refractivity contribution < 1.29 is 19.4 Å². The van der Waals surface area contributed by atoms with E-state index >= 15 is 0 Å². The van der Waals surface area contributed by atoms with E-state index in [9.17, 15) is 9.90 Å². The number of epoxide rings is 2. The molecule has 4 heteroatoms. The molecule has 2 heterocycles. The van der Waals surface area contributed by atoms with Crippen LogP contribution in [0.5, 0.6) is 0 Å². The maximum absolute atomic E-state index is 11.6. The van der Waals surface area contributed by atoms with Gasteiger partial charge in [0.2, 0.25) is 0 Å². The molecule has 1 aliphatic carbocycles. The first-order valence-corrected chi connectivity index (χ1v) is 7.95. The average molecular weight is 282 g/mol. The van der Waals surface area contributed by atoms with Crippen molar-refractivity contribution in [1.82, 2.24) is 0 Å². The van der Waals surface area contributed by atoms with E-state index in [1.165, 1.54) is 0 Å². The number of rotatable bonds is 6. The molecule has 4 nitrogen and oxygen atoms in total. The van der Waals surface area contributed by atoms with E-state index in [-0.39, 0.29) is 23.2 Å². The Morgan fingerprint density at radius 2 is 2.10 bits per heavy atom. The summed E-state index contributed by atoms with van der Waals surface area (Å²) in [6.45, 7) is 6.32. The largest absolute Gasteiger partial charge is 0.481 e. The van der Waals surface area contributed by atoms with Crippen LogP contribution in [0, 0.1) is 11.8 Å². The van der Waals surface area contributed by atoms with Gasteiger partial charge in [0.1, 0.15) is 0 Å². The van der Waals surface area contributed by atoms with Crippen molar-refractivity contribution in [2.75, 3.05) is 0 Å². The minimum atomic E-state index is -0.666. The molecule has 1 N–H and O–H groups in total. The Morgan fingerprint density at radius 3 is 2.65 bits per heavy atom. The van der Waals surface area contributed by atoms with Gasteiger partial charge in [-0.25, -0.2) is 0 Å². The minimum Gasteiger partial charge on any atom is -0.481 e. The zero-order valence-electron chi connectivity index (χ0n) is 12.7. The van der Waals surface area contributed by atoms with Crippen LogP contribution in [0.2, 0.25) is 0 Å². The fourth-order valence-electron chi connectivity index (χ4n) is 4.25. The Hall–Kier alpha value is -0.610. The fraction of sp³-hybridized carbons (Fsp3) is 0.938. The molecule has 0 amide bonds. The van der Waals surface area contributed by atoms with Gasteiger partial charge in [-0.3, -0.25) is 4.79 Å². The van der Waals surface area contributed by atoms with Crippen LogP contribution in [-0.4, -0.2) is 34.5 Å². The summed E-state index contributed by atoms with van der Waals surface area (Å²) in [7, 11) is 0. The van der Waals surface area contributed by atoms with Crippen LogP contribution < -0.4 is 0 Å². The van der Waals surface area contributed by atoms with E-state index in [0.29, 0.717) is 18.4 Å². The van der Waals surface area contributed by atoms with Gasteiger partial charge in [0.25, 0.3) is 0 Å². The molecule has 3 rings (SSSR count). The molecule has 0 aromatic rings. The first kappa shape index (κ1) is 14.3. The molecule has 20 heavy (non-hydrogen) atoms. The second kappa shape index (κ2) is 4.70. The summed E-state index contributed by atoms with van der Waals surface area (Å²) in [5.41, 5.74) is -0.146. The highest BCUT2D eigenvalue weighted by molar-refractivity contribution is 5.70. The second-order valence-electron chi connectivity index (χ2n) is 7.37. The first-order valence-electron chi connectivity index (χ1n) is 7.95. The van der Waals surface area contributed by atoms with Gasteiger partial charge in [0.15, 0.2) is 0 Å². The summed E-state index contributed by atoms with van der Waals surface area (Å²) >= 11 is 0. The smallest absolute Gasteiger partial charge is 0.306 e. The Labute approximate surface area is 120 Å². The molecular weight excluding hydrogens is 256 g/mol. The fourth-order valence-corrected chi connectivity index (χ4v) is 4.25. The van der Waals surface area contributed by atoms with Gasteiger partial charge in [0.05, 0.1) is 29.3 Å². The number of aliphatic carboxylic acids is 1. The summed E-state index contributed by atoms with van der Waals surface area (Å²) < 4.78 is 11.4. The average Bonchev–Trinajstić information content (AvgIpc) is 3.22. The van der Waals surface area contributed by atoms with Crippen molar-refractivity contribution in [1.29, 1.82) is 0 Å². The SMILES string of the molecule is CCC1OC1(C)CC(CC1CCC2OC2(C)C1)C(=O)O. The van der Waals surface area contributed by atoms with Crippen LogP contribution in [0.3, 0.4) is 0 Å². The molecule has 2 saturated heterocycles. The summed E-state index contributed by atoms with van der Waals surface area (Å²) in [4.78, 5) is 11.6. The highest BCUT2D eigenvalue weighted by atomic mass is 16.6. The van der Waals surface area contributed by atoms with Crippen molar-refractivity contribution in [2.45, 2.75) is 82.7 Å². The summed E-state index contributed by atoms with van der Waals surface area (Å²) in [5.74, 6) is -0.455. The number of fused-ring (bicyclic) bond motifs is 1. The standard InChI is InChI=1S/C16H26O4/c1-4-12-16(3,19-12)9-11(14(17)18)7-10-5-6-13-15(2,8-10)20-13/h10-13H,4-9H2,1-3H3,(H,17,18). The molecule has 0 spiro atoms. The van der Waals surface area contributed by atoms with Gasteiger partial charge in [-0.05, 0) is 58.3 Å². The van der Waals surface area contributed by atoms with E-state index in [4.69, 9.17) is 9.47 Å². The highest BCUT2D eigenvalue weighted by Gasteiger charge is 2.56. The second-order valence-corrected chi connectivity index (χ2v) is 7.37. The predicted molar refractivity (Wildman–Crippen MR) is 74.5 cm³/mol. The van der Waals surface area contributed by atoms with Crippen molar-refractivity contribution in [3.63, 3.8) is 0 Å². The van der Waals surface area contributed by atoms with Gasteiger partial charge in [0, 0.05) is 0 Å². The van der Waals surface area contributed by atoms with E-state index in [2.05, 4.69) is 20.8 Å². The monoisotopic (exact) mass is 282 g/mol. The minimum absolute atomic E-state index is 0.0535. The lowest BCUT2D eigenvalue weighted by Crippen LogP contribution is -2.29. The highest BCUT2D eigenvalue weighted by Crippen LogP contribution is 2.51. The molecule has 0 aromatic carbocycles. The van der Waals surface area contributed by atoms with Crippen molar-refractivity contribution in [2.24, 2.45) is 11.8 Å². The zero-order chi connectivity index (χ0) is 14.5. The number of carboxylic acids is 1. The number of carbonyl (C=O) groups is 1. The molecule has 3 fully saturated rings. The quantitative estimate of drug-likeness (QED) is 0.761. The van der Waals surface area contributed by atoms with Crippen molar-refractivity contribution in [3.05, 3.63) is 0 Å². The molecule has 0 aromatic heterocycles. The predicted octanol–water partition coefficient (Wildman–Crippen LogP) is 2.99. The molecule has 3 aliphatic rings. The van der Waals surface area contributed by atoms with Gasteiger partial charge in [-0.15, -0.1) is 0 Å². The third kappa shape index (κ3) is 2.60. The topological polar surface area (TPSA) is 62.4 Å². The Bertz CT molecular complexity index is 409.